The molecule has 1 heterocycles. The molecule has 25 heavy (non-hydrogen) atoms. The second kappa shape index (κ2) is 7.45. The quantitative estimate of drug-likeness (QED) is 0.791. The van der Waals surface area contributed by atoms with Crippen molar-refractivity contribution in [3.8, 4) is 11.5 Å². The molecule has 2 aromatic rings. The van der Waals surface area contributed by atoms with E-state index in [2.05, 4.69) is 4.90 Å². The summed E-state index contributed by atoms with van der Waals surface area (Å²) in [5.74, 6) is 1.57. The molecule has 0 atom stereocenters. The van der Waals surface area contributed by atoms with Gasteiger partial charge in [-0.25, -0.2) is 8.42 Å². The van der Waals surface area contributed by atoms with Crippen molar-refractivity contribution in [2.45, 2.75) is 17.9 Å². The molecular formula is C19H23NO4S. The van der Waals surface area contributed by atoms with Crippen molar-refractivity contribution < 1.29 is 17.9 Å². The molecular weight excluding hydrogens is 338 g/mol. The number of benzene rings is 2. The standard InChI is InChI=1S/C19H23NO4S/c1-23-18-12-15-8-9-20(14-16(15)13-19(18)24-2)10-11-25(21,22)17-6-4-3-5-7-17/h3-7,12-13H,8-11,14H2,1-2H3. The molecule has 2 aromatic carbocycles. The van der Waals surface area contributed by atoms with E-state index in [-0.39, 0.29) is 5.75 Å². The Morgan fingerprint density at radius 1 is 1.00 bits per heavy atom. The van der Waals surface area contributed by atoms with Crippen LogP contribution in [0.5, 0.6) is 11.5 Å². The van der Waals surface area contributed by atoms with E-state index in [0.717, 1.165) is 25.3 Å². The number of sulfone groups is 1. The molecule has 0 saturated heterocycles. The van der Waals surface area contributed by atoms with Gasteiger partial charge in [-0.1, -0.05) is 18.2 Å². The zero-order valence-electron chi connectivity index (χ0n) is 14.6. The summed E-state index contributed by atoms with van der Waals surface area (Å²) >= 11 is 0. The van der Waals surface area contributed by atoms with Crippen molar-refractivity contribution in [1.82, 2.24) is 4.90 Å². The van der Waals surface area contributed by atoms with Gasteiger partial charge in [-0.05, 0) is 41.8 Å². The van der Waals surface area contributed by atoms with E-state index in [4.69, 9.17) is 9.47 Å². The average molecular weight is 361 g/mol. The monoisotopic (exact) mass is 361 g/mol. The van der Waals surface area contributed by atoms with Gasteiger partial charge in [0.25, 0.3) is 0 Å². The molecule has 0 aliphatic carbocycles. The molecule has 0 unspecified atom stereocenters. The molecule has 0 radical (unpaired) electrons. The van der Waals surface area contributed by atoms with E-state index in [1.807, 2.05) is 18.2 Å². The van der Waals surface area contributed by atoms with Crippen LogP contribution in [0.4, 0.5) is 0 Å². The summed E-state index contributed by atoms with van der Waals surface area (Å²) in [7, 11) is 0.00817. The third kappa shape index (κ3) is 3.96. The predicted octanol–water partition coefficient (Wildman–Crippen LogP) is 2.54. The Kier molecular flexibility index (Phi) is 5.30. The Bertz CT molecular complexity index is 834. The fourth-order valence-corrected chi connectivity index (χ4v) is 4.43. The molecule has 0 aromatic heterocycles. The van der Waals surface area contributed by atoms with Crippen molar-refractivity contribution in [3.63, 3.8) is 0 Å². The van der Waals surface area contributed by atoms with E-state index in [1.54, 1.807) is 38.5 Å². The van der Waals surface area contributed by atoms with Crippen LogP contribution in [-0.4, -0.2) is 46.4 Å². The van der Waals surface area contributed by atoms with Gasteiger partial charge >= 0.3 is 0 Å². The fourth-order valence-electron chi connectivity index (χ4n) is 3.13. The van der Waals surface area contributed by atoms with Gasteiger partial charge in [-0.2, -0.15) is 0 Å². The highest BCUT2D eigenvalue weighted by Crippen LogP contribution is 2.33. The Balaban J connectivity index is 1.69. The lowest BCUT2D eigenvalue weighted by atomic mass is 9.99. The lowest BCUT2D eigenvalue weighted by molar-refractivity contribution is 0.267. The van der Waals surface area contributed by atoms with Crippen molar-refractivity contribution in [3.05, 3.63) is 53.6 Å². The number of hydrogen-bond donors (Lipinski definition) is 0. The Morgan fingerprint density at radius 2 is 1.64 bits per heavy atom. The lowest BCUT2D eigenvalue weighted by Crippen LogP contribution is -2.34. The van der Waals surface area contributed by atoms with Crippen LogP contribution in [-0.2, 0) is 22.8 Å². The molecule has 0 bridgehead atoms. The third-order valence-corrected chi connectivity index (χ3v) is 6.29. The minimum Gasteiger partial charge on any atom is -0.493 e. The molecule has 6 heteroatoms. The summed E-state index contributed by atoms with van der Waals surface area (Å²) in [5, 5.41) is 0. The maximum absolute atomic E-state index is 12.4. The largest absolute Gasteiger partial charge is 0.493 e. The van der Waals surface area contributed by atoms with E-state index < -0.39 is 9.84 Å². The molecule has 5 nitrogen and oxygen atoms in total. The molecule has 0 fully saturated rings. The first-order chi connectivity index (χ1) is 12.0. The Labute approximate surface area is 149 Å². The number of hydrogen-bond acceptors (Lipinski definition) is 5. The van der Waals surface area contributed by atoms with Gasteiger partial charge in [0, 0.05) is 19.6 Å². The van der Waals surface area contributed by atoms with Gasteiger partial charge in [-0.3, -0.25) is 4.90 Å². The van der Waals surface area contributed by atoms with Crippen LogP contribution in [0.25, 0.3) is 0 Å². The van der Waals surface area contributed by atoms with Crippen LogP contribution in [0.1, 0.15) is 11.1 Å². The second-order valence-corrected chi connectivity index (χ2v) is 8.24. The van der Waals surface area contributed by atoms with Crippen LogP contribution in [0.15, 0.2) is 47.4 Å². The summed E-state index contributed by atoms with van der Waals surface area (Å²) in [4.78, 5) is 2.56. The maximum Gasteiger partial charge on any atom is 0.179 e. The minimum absolute atomic E-state index is 0.125. The molecule has 134 valence electrons. The molecule has 1 aliphatic heterocycles. The SMILES string of the molecule is COc1cc2c(cc1OC)CN(CCS(=O)(=O)c1ccccc1)CC2. The molecule has 0 N–H and O–H groups in total. The van der Waals surface area contributed by atoms with E-state index in [0.29, 0.717) is 17.2 Å². The topological polar surface area (TPSA) is 55.8 Å². The van der Waals surface area contributed by atoms with Gasteiger partial charge in [0.1, 0.15) is 0 Å². The van der Waals surface area contributed by atoms with Crippen LogP contribution >= 0.6 is 0 Å². The summed E-state index contributed by atoms with van der Waals surface area (Å²) in [6.45, 7) is 2.08. The van der Waals surface area contributed by atoms with Crippen LogP contribution in [0.2, 0.25) is 0 Å². The summed E-state index contributed by atoms with van der Waals surface area (Å²) in [5.41, 5.74) is 2.40. The smallest absolute Gasteiger partial charge is 0.179 e. The van der Waals surface area contributed by atoms with Gasteiger partial charge in [0.15, 0.2) is 21.3 Å². The number of ether oxygens (including phenoxy) is 2. The first-order valence-electron chi connectivity index (χ1n) is 8.27. The molecule has 0 saturated carbocycles. The average Bonchev–Trinajstić information content (AvgIpc) is 2.65. The Morgan fingerprint density at radius 3 is 2.28 bits per heavy atom. The van der Waals surface area contributed by atoms with Crippen molar-refractivity contribution in [1.29, 1.82) is 0 Å². The van der Waals surface area contributed by atoms with E-state index >= 15 is 0 Å². The first-order valence-corrected chi connectivity index (χ1v) is 9.92. The van der Waals surface area contributed by atoms with Crippen molar-refractivity contribution in [2.75, 3.05) is 33.1 Å². The summed E-state index contributed by atoms with van der Waals surface area (Å²) in [6.07, 6.45) is 0.876. The first kappa shape index (κ1) is 17.8. The van der Waals surface area contributed by atoms with E-state index in [1.165, 1.54) is 11.1 Å². The molecule has 0 amide bonds. The van der Waals surface area contributed by atoms with E-state index in [9.17, 15) is 8.42 Å². The highest BCUT2D eigenvalue weighted by molar-refractivity contribution is 7.91. The molecule has 1 aliphatic rings. The van der Waals surface area contributed by atoms with Gasteiger partial charge in [-0.15, -0.1) is 0 Å². The number of fused-ring (bicyclic) bond motifs is 1. The predicted molar refractivity (Wildman–Crippen MR) is 97.0 cm³/mol. The number of rotatable bonds is 6. The summed E-state index contributed by atoms with van der Waals surface area (Å²) < 4.78 is 35.6. The van der Waals surface area contributed by atoms with Crippen LogP contribution < -0.4 is 9.47 Å². The maximum atomic E-state index is 12.4. The van der Waals surface area contributed by atoms with Gasteiger partial charge < -0.3 is 9.47 Å². The van der Waals surface area contributed by atoms with Crippen molar-refractivity contribution in [2.24, 2.45) is 0 Å². The zero-order valence-corrected chi connectivity index (χ0v) is 15.4. The lowest BCUT2D eigenvalue weighted by Gasteiger charge is -2.29. The highest BCUT2D eigenvalue weighted by Gasteiger charge is 2.22. The number of nitrogens with zero attached hydrogens (tertiary/aromatic N) is 1. The van der Waals surface area contributed by atoms with Crippen LogP contribution in [0, 0.1) is 0 Å². The highest BCUT2D eigenvalue weighted by atomic mass is 32.2. The number of methoxy groups -OCH3 is 2. The molecule has 3 rings (SSSR count). The fraction of sp³-hybridized carbons (Fsp3) is 0.368. The Hall–Kier alpha value is -2.05. The second-order valence-electron chi connectivity index (χ2n) is 6.13. The molecule has 0 spiro atoms. The normalized spacial score (nSPS) is 14.8. The summed E-state index contributed by atoms with van der Waals surface area (Å²) in [6, 6.07) is 12.6. The van der Waals surface area contributed by atoms with Gasteiger partial charge in [0.05, 0.1) is 24.9 Å². The zero-order chi connectivity index (χ0) is 17.9. The van der Waals surface area contributed by atoms with Crippen LogP contribution in [0.3, 0.4) is 0 Å². The minimum atomic E-state index is -3.25. The third-order valence-electron chi connectivity index (χ3n) is 4.58. The van der Waals surface area contributed by atoms with Crippen molar-refractivity contribution >= 4 is 9.84 Å². The van der Waals surface area contributed by atoms with Gasteiger partial charge in [0.2, 0.25) is 0 Å².